The van der Waals surface area contributed by atoms with E-state index in [1.165, 1.54) is 0 Å². The largest absolute Gasteiger partial charge is 0.467 e. The van der Waals surface area contributed by atoms with Crippen LogP contribution in [0.1, 0.15) is 0 Å². The van der Waals surface area contributed by atoms with Gasteiger partial charge in [0.05, 0.1) is 18.7 Å². The zero-order valence-electron chi connectivity index (χ0n) is 9.76. The highest BCUT2D eigenvalue weighted by atomic mass is 16.7. The van der Waals surface area contributed by atoms with E-state index in [0.717, 1.165) is 16.7 Å². The van der Waals surface area contributed by atoms with Gasteiger partial charge in [-0.05, 0) is 18.2 Å². The number of ether oxygens (including phenoxy) is 3. The van der Waals surface area contributed by atoms with Crippen LogP contribution in [-0.4, -0.2) is 31.8 Å². The summed E-state index contributed by atoms with van der Waals surface area (Å²) < 4.78 is 17.1. The Kier molecular flexibility index (Phi) is 3.85. The molecule has 0 unspecified atom stereocenters. The Morgan fingerprint density at radius 1 is 1.24 bits per heavy atom. The summed E-state index contributed by atoms with van der Waals surface area (Å²) in [7, 11) is 1.63. The van der Waals surface area contributed by atoms with Gasteiger partial charge in [-0.1, -0.05) is 0 Å². The first-order valence-electron chi connectivity index (χ1n) is 5.37. The molecule has 2 aromatic rings. The zero-order chi connectivity index (χ0) is 12.1. The van der Waals surface area contributed by atoms with E-state index < -0.39 is 0 Å². The standard InChI is InChI=1S/C12H16N2O3/c1-15-6-7-16-9-17-11-3-2-10-4-5-14(13)12(10)8-11/h2-5,8H,6-7,9,13H2,1H3. The monoisotopic (exact) mass is 236 g/mol. The minimum Gasteiger partial charge on any atom is -0.467 e. The Morgan fingerprint density at radius 3 is 2.94 bits per heavy atom. The molecule has 2 rings (SSSR count). The molecule has 1 aromatic carbocycles. The van der Waals surface area contributed by atoms with E-state index >= 15 is 0 Å². The number of benzene rings is 1. The third-order valence-corrected chi connectivity index (χ3v) is 2.44. The fourth-order valence-corrected chi connectivity index (χ4v) is 1.53. The number of hydrogen-bond acceptors (Lipinski definition) is 4. The molecule has 0 aliphatic heterocycles. The van der Waals surface area contributed by atoms with Gasteiger partial charge in [-0.2, -0.15) is 0 Å². The molecule has 0 saturated carbocycles. The van der Waals surface area contributed by atoms with E-state index in [1.54, 1.807) is 11.8 Å². The van der Waals surface area contributed by atoms with E-state index in [0.29, 0.717) is 13.2 Å². The zero-order valence-corrected chi connectivity index (χ0v) is 9.76. The van der Waals surface area contributed by atoms with Crippen LogP contribution in [0.3, 0.4) is 0 Å². The first-order chi connectivity index (χ1) is 8.31. The molecular formula is C12H16N2O3. The topological polar surface area (TPSA) is 58.6 Å². The van der Waals surface area contributed by atoms with Crippen molar-refractivity contribution in [2.75, 3.05) is 33.0 Å². The van der Waals surface area contributed by atoms with Crippen LogP contribution in [0.25, 0.3) is 10.9 Å². The van der Waals surface area contributed by atoms with Crippen molar-refractivity contribution in [1.29, 1.82) is 0 Å². The Morgan fingerprint density at radius 2 is 2.12 bits per heavy atom. The molecule has 0 saturated heterocycles. The molecule has 0 spiro atoms. The number of hydrogen-bond donors (Lipinski definition) is 1. The van der Waals surface area contributed by atoms with Gasteiger partial charge in [0.25, 0.3) is 0 Å². The first-order valence-corrected chi connectivity index (χ1v) is 5.37. The molecule has 1 heterocycles. The van der Waals surface area contributed by atoms with Crippen LogP contribution < -0.4 is 10.6 Å². The van der Waals surface area contributed by atoms with E-state index in [1.807, 2.05) is 30.5 Å². The van der Waals surface area contributed by atoms with Crippen molar-refractivity contribution in [3.8, 4) is 5.75 Å². The number of nitrogens with zero attached hydrogens (tertiary/aromatic N) is 1. The quantitative estimate of drug-likeness (QED) is 0.467. The van der Waals surface area contributed by atoms with Crippen LogP contribution in [0.15, 0.2) is 30.5 Å². The van der Waals surface area contributed by atoms with Gasteiger partial charge < -0.3 is 20.1 Å². The van der Waals surface area contributed by atoms with Crippen LogP contribution in [0, 0.1) is 0 Å². The molecule has 5 nitrogen and oxygen atoms in total. The van der Waals surface area contributed by atoms with Crippen LogP contribution >= 0.6 is 0 Å². The van der Waals surface area contributed by atoms with E-state index in [9.17, 15) is 0 Å². The minimum atomic E-state index is 0.208. The van der Waals surface area contributed by atoms with Gasteiger partial charge in [0.15, 0.2) is 6.79 Å². The van der Waals surface area contributed by atoms with Gasteiger partial charge in [0.2, 0.25) is 0 Å². The number of rotatable bonds is 6. The molecule has 92 valence electrons. The highest BCUT2D eigenvalue weighted by molar-refractivity contribution is 5.81. The fraction of sp³-hybridized carbons (Fsp3) is 0.333. The Hall–Kier alpha value is -1.72. The molecule has 0 bridgehead atoms. The first kappa shape index (κ1) is 11.8. The molecule has 0 amide bonds. The van der Waals surface area contributed by atoms with Crippen molar-refractivity contribution in [2.45, 2.75) is 0 Å². The summed E-state index contributed by atoms with van der Waals surface area (Å²) in [5.74, 6) is 6.49. The summed E-state index contributed by atoms with van der Waals surface area (Å²) in [5.41, 5.74) is 0.930. The van der Waals surface area contributed by atoms with Gasteiger partial charge in [-0.25, -0.2) is 0 Å². The third-order valence-electron chi connectivity index (χ3n) is 2.44. The Bertz CT molecular complexity index is 482. The normalized spacial score (nSPS) is 10.9. The summed E-state index contributed by atoms with van der Waals surface area (Å²) in [6.45, 7) is 1.29. The van der Waals surface area contributed by atoms with E-state index in [4.69, 9.17) is 20.1 Å². The SMILES string of the molecule is COCCOCOc1ccc2ccn(N)c2c1. The highest BCUT2D eigenvalue weighted by Gasteiger charge is 2.00. The van der Waals surface area contributed by atoms with E-state index in [2.05, 4.69) is 0 Å². The molecule has 17 heavy (non-hydrogen) atoms. The average molecular weight is 236 g/mol. The predicted octanol–water partition coefficient (Wildman–Crippen LogP) is 1.35. The Balaban J connectivity index is 1.92. The minimum absolute atomic E-state index is 0.208. The molecule has 0 aliphatic rings. The van der Waals surface area contributed by atoms with Gasteiger partial charge >= 0.3 is 0 Å². The molecule has 0 atom stereocenters. The molecular weight excluding hydrogens is 220 g/mol. The summed E-state index contributed by atoms with van der Waals surface area (Å²) >= 11 is 0. The van der Waals surface area contributed by atoms with Crippen molar-refractivity contribution >= 4 is 10.9 Å². The number of aromatic nitrogens is 1. The molecule has 2 N–H and O–H groups in total. The van der Waals surface area contributed by atoms with Crippen molar-refractivity contribution in [3.05, 3.63) is 30.5 Å². The summed E-state index contributed by atoms with van der Waals surface area (Å²) in [4.78, 5) is 0. The van der Waals surface area contributed by atoms with Crippen molar-refractivity contribution in [1.82, 2.24) is 4.68 Å². The lowest BCUT2D eigenvalue weighted by molar-refractivity contribution is -0.00841. The molecule has 1 aromatic heterocycles. The van der Waals surface area contributed by atoms with Gasteiger partial charge in [0, 0.05) is 24.8 Å². The molecule has 0 fully saturated rings. The maximum atomic E-state index is 5.75. The smallest absolute Gasteiger partial charge is 0.189 e. The lowest BCUT2D eigenvalue weighted by Gasteiger charge is -2.07. The molecule has 0 aliphatic carbocycles. The van der Waals surface area contributed by atoms with Crippen molar-refractivity contribution < 1.29 is 14.2 Å². The summed E-state index contributed by atoms with van der Waals surface area (Å²) in [5, 5.41) is 1.08. The lowest BCUT2D eigenvalue weighted by atomic mass is 10.2. The van der Waals surface area contributed by atoms with Gasteiger partial charge in [-0.15, -0.1) is 0 Å². The number of fused-ring (bicyclic) bond motifs is 1. The van der Waals surface area contributed by atoms with Crippen LogP contribution in [0.4, 0.5) is 0 Å². The Labute approximate surface area is 99.6 Å². The highest BCUT2D eigenvalue weighted by Crippen LogP contribution is 2.20. The number of nitrogen functional groups attached to an aromatic ring is 1. The van der Waals surface area contributed by atoms with Gasteiger partial charge in [0.1, 0.15) is 5.75 Å². The molecule has 0 radical (unpaired) electrons. The summed E-state index contributed by atoms with van der Waals surface area (Å²) in [6, 6.07) is 7.69. The summed E-state index contributed by atoms with van der Waals surface area (Å²) in [6.07, 6.45) is 1.81. The second-order valence-corrected chi connectivity index (χ2v) is 3.61. The van der Waals surface area contributed by atoms with E-state index in [-0.39, 0.29) is 6.79 Å². The fourth-order valence-electron chi connectivity index (χ4n) is 1.53. The van der Waals surface area contributed by atoms with Crippen molar-refractivity contribution in [3.63, 3.8) is 0 Å². The van der Waals surface area contributed by atoms with Crippen LogP contribution in [0.5, 0.6) is 5.75 Å². The second kappa shape index (κ2) is 5.56. The number of nitrogens with two attached hydrogens (primary N) is 1. The molecule has 5 heteroatoms. The number of methoxy groups -OCH3 is 1. The third kappa shape index (κ3) is 2.89. The maximum Gasteiger partial charge on any atom is 0.189 e. The predicted molar refractivity (Wildman–Crippen MR) is 65.4 cm³/mol. The maximum absolute atomic E-state index is 5.75. The lowest BCUT2D eigenvalue weighted by Crippen LogP contribution is -2.08. The van der Waals surface area contributed by atoms with Crippen LogP contribution in [0.2, 0.25) is 0 Å². The van der Waals surface area contributed by atoms with Crippen molar-refractivity contribution in [2.24, 2.45) is 0 Å². The van der Waals surface area contributed by atoms with Crippen LogP contribution in [-0.2, 0) is 9.47 Å². The average Bonchev–Trinajstić information content (AvgIpc) is 2.71. The second-order valence-electron chi connectivity index (χ2n) is 3.61. The van der Waals surface area contributed by atoms with Gasteiger partial charge in [-0.3, -0.25) is 4.68 Å².